The molecule has 3 aromatic heterocycles. The highest BCUT2D eigenvalue weighted by Crippen LogP contribution is 2.26. The predicted molar refractivity (Wildman–Crippen MR) is 127 cm³/mol. The smallest absolute Gasteiger partial charge is 0.275 e. The van der Waals surface area contributed by atoms with Crippen LogP contribution in [0, 0.1) is 0 Å². The second-order valence-electron chi connectivity index (χ2n) is 7.48. The number of nitrogens with one attached hydrogen (secondary N) is 1. The zero-order valence-electron chi connectivity index (χ0n) is 17.6. The van der Waals surface area contributed by atoms with Crippen molar-refractivity contribution in [3.8, 4) is 11.1 Å². The molecule has 7 nitrogen and oxygen atoms in total. The Morgan fingerprint density at radius 2 is 1.94 bits per heavy atom. The van der Waals surface area contributed by atoms with E-state index in [4.69, 9.17) is 0 Å². The molecule has 0 spiro atoms. The zero-order chi connectivity index (χ0) is 21.9. The molecular weight excluding hydrogens is 420 g/mol. The fourth-order valence-electron chi connectivity index (χ4n) is 3.62. The minimum Gasteiger partial charge on any atom is -0.356 e. The summed E-state index contributed by atoms with van der Waals surface area (Å²) in [5, 5.41) is 8.43. The minimum atomic E-state index is -0.146. The van der Waals surface area contributed by atoms with Crippen LogP contribution in [0.5, 0.6) is 0 Å². The van der Waals surface area contributed by atoms with Crippen molar-refractivity contribution in [2.24, 2.45) is 0 Å². The van der Waals surface area contributed by atoms with Crippen molar-refractivity contribution in [3.05, 3.63) is 100 Å². The molecule has 32 heavy (non-hydrogen) atoms. The first-order valence-electron chi connectivity index (χ1n) is 10.5. The van der Waals surface area contributed by atoms with Crippen molar-refractivity contribution in [1.82, 2.24) is 24.1 Å². The lowest BCUT2D eigenvalue weighted by molar-refractivity contribution is 0.797. The summed E-state index contributed by atoms with van der Waals surface area (Å²) in [6.45, 7) is 3.38. The van der Waals surface area contributed by atoms with Gasteiger partial charge in [-0.3, -0.25) is 4.79 Å². The average molecular weight is 443 g/mol. The van der Waals surface area contributed by atoms with E-state index in [0.29, 0.717) is 16.6 Å². The number of fused-ring (bicyclic) bond motifs is 1. The molecule has 5 aromatic rings. The lowest BCUT2D eigenvalue weighted by Gasteiger charge is -2.11. The first-order valence-corrected chi connectivity index (χ1v) is 11.3. The Kier molecular flexibility index (Phi) is 5.51. The van der Waals surface area contributed by atoms with Crippen LogP contribution < -0.4 is 10.9 Å². The maximum absolute atomic E-state index is 12.2. The number of rotatable bonds is 7. The van der Waals surface area contributed by atoms with E-state index in [2.05, 4.69) is 61.3 Å². The third-order valence-corrected chi connectivity index (χ3v) is 6.16. The van der Waals surface area contributed by atoms with E-state index in [1.54, 1.807) is 12.3 Å². The van der Waals surface area contributed by atoms with Gasteiger partial charge in [-0.25, -0.2) is 9.97 Å². The molecule has 0 radical (unpaired) electrons. The van der Waals surface area contributed by atoms with Crippen LogP contribution in [0.4, 0.5) is 5.13 Å². The second kappa shape index (κ2) is 8.76. The maximum Gasteiger partial charge on any atom is 0.275 e. The summed E-state index contributed by atoms with van der Waals surface area (Å²) in [4.78, 5) is 21.5. The number of hydrogen-bond acceptors (Lipinski definition) is 6. The van der Waals surface area contributed by atoms with Crippen LogP contribution in [-0.2, 0) is 19.5 Å². The van der Waals surface area contributed by atoms with Gasteiger partial charge in [0.15, 0.2) is 0 Å². The molecule has 0 aliphatic heterocycles. The summed E-state index contributed by atoms with van der Waals surface area (Å²) in [5.74, 6) is 0. The van der Waals surface area contributed by atoms with Crippen LogP contribution in [0.25, 0.3) is 16.1 Å². The molecule has 0 saturated carbocycles. The van der Waals surface area contributed by atoms with Gasteiger partial charge in [0.1, 0.15) is 0 Å². The molecule has 3 heterocycles. The molecule has 0 aliphatic rings. The van der Waals surface area contributed by atoms with Crippen molar-refractivity contribution in [1.29, 1.82) is 0 Å². The van der Waals surface area contributed by atoms with E-state index in [-0.39, 0.29) is 5.56 Å². The maximum atomic E-state index is 12.2. The number of imidazole rings is 1. The molecule has 5 rings (SSSR count). The fraction of sp³-hybridized carbons (Fsp3) is 0.167. The molecule has 0 aliphatic carbocycles. The second-order valence-corrected chi connectivity index (χ2v) is 8.44. The number of aryl methyl sites for hydroxylation is 1. The van der Waals surface area contributed by atoms with Gasteiger partial charge in [-0.15, -0.1) is 5.10 Å². The summed E-state index contributed by atoms with van der Waals surface area (Å²) in [7, 11) is 0. The van der Waals surface area contributed by atoms with Gasteiger partial charge in [-0.05, 0) is 28.7 Å². The van der Waals surface area contributed by atoms with E-state index in [9.17, 15) is 4.79 Å². The average Bonchev–Trinajstić information content (AvgIpc) is 3.48. The Bertz CT molecular complexity index is 1400. The summed E-state index contributed by atoms with van der Waals surface area (Å²) >= 11 is 1.39. The van der Waals surface area contributed by atoms with E-state index in [1.807, 2.05) is 31.6 Å². The summed E-state index contributed by atoms with van der Waals surface area (Å²) in [6.07, 6.45) is 6.30. The topological polar surface area (TPSA) is 77.1 Å². The molecule has 0 bridgehead atoms. The molecule has 0 fully saturated rings. The Labute approximate surface area is 189 Å². The number of benzene rings is 2. The van der Waals surface area contributed by atoms with E-state index in [1.165, 1.54) is 27.0 Å². The van der Waals surface area contributed by atoms with Crippen molar-refractivity contribution >= 4 is 21.4 Å². The van der Waals surface area contributed by atoms with Gasteiger partial charge in [0.25, 0.3) is 5.56 Å². The Morgan fingerprint density at radius 3 is 2.72 bits per heavy atom. The molecule has 160 valence electrons. The van der Waals surface area contributed by atoms with Gasteiger partial charge < -0.3 is 9.88 Å². The van der Waals surface area contributed by atoms with Crippen LogP contribution >= 0.6 is 11.3 Å². The Morgan fingerprint density at radius 1 is 1.09 bits per heavy atom. The largest absolute Gasteiger partial charge is 0.356 e. The van der Waals surface area contributed by atoms with Gasteiger partial charge in [-0.1, -0.05) is 66.8 Å². The van der Waals surface area contributed by atoms with Gasteiger partial charge >= 0.3 is 0 Å². The molecule has 0 amide bonds. The molecule has 1 N–H and O–H groups in total. The summed E-state index contributed by atoms with van der Waals surface area (Å²) in [5.41, 5.74) is 5.34. The first-order chi connectivity index (χ1) is 15.7. The van der Waals surface area contributed by atoms with E-state index in [0.717, 1.165) is 29.8 Å². The third kappa shape index (κ3) is 4.17. The van der Waals surface area contributed by atoms with Gasteiger partial charge in [0.05, 0.1) is 6.33 Å². The lowest BCUT2D eigenvalue weighted by atomic mass is 9.98. The third-order valence-electron chi connectivity index (χ3n) is 5.30. The highest BCUT2D eigenvalue weighted by Gasteiger charge is 2.10. The summed E-state index contributed by atoms with van der Waals surface area (Å²) in [6, 6.07) is 18.5. The van der Waals surface area contributed by atoms with E-state index >= 15 is 0 Å². The van der Waals surface area contributed by atoms with Crippen molar-refractivity contribution < 1.29 is 0 Å². The lowest BCUT2D eigenvalue weighted by Crippen LogP contribution is -2.15. The number of aromatic nitrogens is 5. The molecule has 8 heteroatoms. The number of nitrogens with zero attached hydrogens (tertiary/aromatic N) is 5. The van der Waals surface area contributed by atoms with Crippen molar-refractivity contribution in [2.45, 2.75) is 26.4 Å². The zero-order valence-corrected chi connectivity index (χ0v) is 18.4. The minimum absolute atomic E-state index is 0.146. The molecule has 2 aromatic carbocycles. The van der Waals surface area contributed by atoms with Crippen LogP contribution in [-0.4, -0.2) is 24.1 Å². The predicted octanol–water partition coefficient (Wildman–Crippen LogP) is 4.24. The molecular formula is C24H22N6OS. The van der Waals surface area contributed by atoms with Crippen LogP contribution in [0.1, 0.15) is 23.7 Å². The monoisotopic (exact) mass is 442 g/mol. The SMILES string of the molecule is CCc1cc(=O)n2nc(NCc3ccccc3-c3ccc(Cn4ccnc4)cc3)sc2n1. The number of anilines is 1. The molecule has 0 unspecified atom stereocenters. The van der Waals surface area contributed by atoms with Gasteiger partial charge in [0, 0.05) is 37.2 Å². The van der Waals surface area contributed by atoms with E-state index < -0.39 is 0 Å². The van der Waals surface area contributed by atoms with Crippen LogP contribution in [0.3, 0.4) is 0 Å². The number of hydrogen-bond donors (Lipinski definition) is 1. The normalized spacial score (nSPS) is 11.2. The van der Waals surface area contributed by atoms with Crippen molar-refractivity contribution in [2.75, 3.05) is 5.32 Å². The summed E-state index contributed by atoms with van der Waals surface area (Å²) < 4.78 is 3.41. The van der Waals surface area contributed by atoms with Gasteiger partial charge in [-0.2, -0.15) is 4.52 Å². The fourth-order valence-corrected chi connectivity index (χ4v) is 4.44. The standard InChI is InChI=1S/C24H22N6OS/c1-2-20-13-22(31)30-24(27-20)32-23(28-30)26-14-19-5-3-4-6-21(19)18-9-7-17(8-10-18)15-29-12-11-25-16-29/h3-13,16H,2,14-15H2,1H3,(H,26,28). The van der Waals surface area contributed by atoms with Gasteiger partial charge in [0.2, 0.25) is 10.1 Å². The highest BCUT2D eigenvalue weighted by atomic mass is 32.1. The first kappa shape index (κ1) is 20.1. The molecule has 0 saturated heterocycles. The van der Waals surface area contributed by atoms with Crippen LogP contribution in [0.15, 0.2) is 78.1 Å². The Balaban J connectivity index is 1.35. The van der Waals surface area contributed by atoms with Crippen molar-refractivity contribution in [3.63, 3.8) is 0 Å². The highest BCUT2D eigenvalue weighted by molar-refractivity contribution is 7.20. The molecule has 0 atom stereocenters. The van der Waals surface area contributed by atoms with Crippen LogP contribution in [0.2, 0.25) is 0 Å². The quantitative estimate of drug-likeness (QED) is 0.408. The Hall–Kier alpha value is -3.78.